The fourth-order valence-electron chi connectivity index (χ4n) is 1.23. The van der Waals surface area contributed by atoms with Gasteiger partial charge < -0.3 is 4.90 Å². The Morgan fingerprint density at radius 2 is 2.27 bits per heavy atom. The van der Waals surface area contributed by atoms with Gasteiger partial charge in [-0.25, -0.2) is 0 Å². The molecule has 0 aliphatic heterocycles. The van der Waals surface area contributed by atoms with E-state index in [0.717, 1.165) is 10.0 Å². The third-order valence-corrected chi connectivity index (χ3v) is 2.24. The van der Waals surface area contributed by atoms with Crippen molar-refractivity contribution in [3.05, 3.63) is 40.6 Å². The molecule has 0 aliphatic rings. The van der Waals surface area contributed by atoms with E-state index in [2.05, 4.69) is 27.5 Å². The van der Waals surface area contributed by atoms with Crippen molar-refractivity contribution in [2.75, 3.05) is 13.6 Å². The lowest BCUT2D eigenvalue weighted by Gasteiger charge is -2.16. The smallest absolute Gasteiger partial charge is 0.255 e. The minimum absolute atomic E-state index is 0.0493. The first-order valence-electron chi connectivity index (χ1n) is 4.51. The first-order chi connectivity index (χ1) is 7.00. The average Bonchev–Trinajstić information content (AvgIpc) is 2.15. The third-order valence-electron chi connectivity index (χ3n) is 1.81. The van der Waals surface area contributed by atoms with E-state index >= 15 is 0 Å². The molecule has 0 radical (unpaired) electrons. The van der Waals surface area contributed by atoms with E-state index < -0.39 is 0 Å². The summed E-state index contributed by atoms with van der Waals surface area (Å²) in [5.74, 6) is -0.0493. The van der Waals surface area contributed by atoms with Gasteiger partial charge in [0.25, 0.3) is 5.91 Å². The Morgan fingerprint density at radius 3 is 2.80 bits per heavy atom. The summed E-state index contributed by atoms with van der Waals surface area (Å²) in [6, 6.07) is 1.75. The molecule has 0 unspecified atom stereocenters. The van der Waals surface area contributed by atoms with Crippen LogP contribution in [0, 0.1) is 0 Å². The summed E-state index contributed by atoms with van der Waals surface area (Å²) < 4.78 is 0.803. The summed E-state index contributed by atoms with van der Waals surface area (Å²) >= 11 is 3.28. The van der Waals surface area contributed by atoms with E-state index in [-0.39, 0.29) is 5.91 Å². The molecule has 0 saturated carbocycles. The minimum Gasteiger partial charge on any atom is -0.338 e. The van der Waals surface area contributed by atoms with Gasteiger partial charge in [-0.1, -0.05) is 12.2 Å². The molecule has 0 bridgehead atoms. The number of amides is 1. The molecule has 4 heteroatoms. The summed E-state index contributed by atoms with van der Waals surface area (Å²) in [4.78, 5) is 17.4. The maximum Gasteiger partial charge on any atom is 0.255 e. The zero-order valence-corrected chi connectivity index (χ0v) is 10.4. The van der Waals surface area contributed by atoms with Crippen LogP contribution in [0.25, 0.3) is 0 Å². The predicted molar refractivity (Wildman–Crippen MR) is 63.7 cm³/mol. The van der Waals surface area contributed by atoms with Crippen LogP contribution in [0.5, 0.6) is 0 Å². The van der Waals surface area contributed by atoms with Gasteiger partial charge in [0.1, 0.15) is 0 Å². The first-order valence-corrected chi connectivity index (χ1v) is 5.30. The summed E-state index contributed by atoms with van der Waals surface area (Å²) in [7, 11) is 1.75. The lowest BCUT2D eigenvalue weighted by atomic mass is 10.2. The molecule has 1 aromatic rings. The van der Waals surface area contributed by atoms with Crippen molar-refractivity contribution >= 4 is 21.8 Å². The second-order valence-electron chi connectivity index (χ2n) is 3.51. The van der Waals surface area contributed by atoms with Gasteiger partial charge in [0.2, 0.25) is 0 Å². The van der Waals surface area contributed by atoms with Gasteiger partial charge >= 0.3 is 0 Å². The molecular formula is C11H13BrN2O. The van der Waals surface area contributed by atoms with Gasteiger partial charge in [-0.3, -0.25) is 9.78 Å². The second kappa shape index (κ2) is 5.07. The Bertz CT molecular complexity index is 390. The Balaban J connectivity index is 2.80. The van der Waals surface area contributed by atoms with Crippen LogP contribution in [0.15, 0.2) is 35.1 Å². The highest BCUT2D eigenvalue weighted by Crippen LogP contribution is 2.11. The number of carbonyl (C=O) groups excluding carboxylic acids is 1. The average molecular weight is 269 g/mol. The molecule has 0 aromatic carbocycles. The number of rotatable bonds is 3. The van der Waals surface area contributed by atoms with Crippen molar-refractivity contribution in [3.8, 4) is 0 Å². The van der Waals surface area contributed by atoms with Gasteiger partial charge in [0.05, 0.1) is 5.56 Å². The molecule has 80 valence electrons. The predicted octanol–water partition coefficient (Wildman–Crippen LogP) is 2.49. The molecule has 0 aliphatic carbocycles. The molecule has 1 heterocycles. The molecule has 0 atom stereocenters. The number of hydrogen-bond donors (Lipinski definition) is 0. The number of halogens is 1. The standard InChI is InChI=1S/C11H13BrN2O/c1-8(2)7-14(3)11(15)9-4-10(12)6-13-5-9/h4-6H,1,7H2,2-3H3. The fraction of sp³-hybridized carbons (Fsp3) is 0.273. The van der Waals surface area contributed by atoms with Gasteiger partial charge in [-0.15, -0.1) is 0 Å². The highest BCUT2D eigenvalue weighted by Gasteiger charge is 2.11. The van der Waals surface area contributed by atoms with Crippen LogP contribution in [-0.2, 0) is 0 Å². The van der Waals surface area contributed by atoms with Crippen molar-refractivity contribution in [2.45, 2.75) is 6.92 Å². The van der Waals surface area contributed by atoms with Crippen LogP contribution in [0.2, 0.25) is 0 Å². The molecule has 15 heavy (non-hydrogen) atoms. The summed E-state index contributed by atoms with van der Waals surface area (Å²) in [5.41, 5.74) is 1.53. The summed E-state index contributed by atoms with van der Waals surface area (Å²) in [5, 5.41) is 0. The molecule has 3 nitrogen and oxygen atoms in total. The van der Waals surface area contributed by atoms with Crippen LogP contribution in [-0.4, -0.2) is 29.4 Å². The van der Waals surface area contributed by atoms with Crippen LogP contribution in [0.4, 0.5) is 0 Å². The maximum absolute atomic E-state index is 11.9. The SMILES string of the molecule is C=C(C)CN(C)C(=O)c1cncc(Br)c1. The highest BCUT2D eigenvalue weighted by atomic mass is 79.9. The van der Waals surface area contributed by atoms with Crippen molar-refractivity contribution in [1.29, 1.82) is 0 Å². The number of carbonyl (C=O) groups is 1. The van der Waals surface area contributed by atoms with E-state index in [9.17, 15) is 4.79 Å². The Labute approximate surface area is 97.9 Å². The van der Waals surface area contributed by atoms with E-state index in [1.54, 1.807) is 30.4 Å². The highest BCUT2D eigenvalue weighted by molar-refractivity contribution is 9.10. The van der Waals surface area contributed by atoms with E-state index in [1.165, 1.54) is 0 Å². The maximum atomic E-state index is 11.9. The lowest BCUT2D eigenvalue weighted by Crippen LogP contribution is -2.28. The molecule has 0 N–H and O–H groups in total. The number of pyridine rings is 1. The molecule has 1 rings (SSSR count). The Morgan fingerprint density at radius 1 is 1.60 bits per heavy atom. The largest absolute Gasteiger partial charge is 0.338 e. The zero-order chi connectivity index (χ0) is 11.4. The lowest BCUT2D eigenvalue weighted by molar-refractivity contribution is 0.0806. The first kappa shape index (κ1) is 11.9. The topological polar surface area (TPSA) is 33.2 Å². The molecule has 1 aromatic heterocycles. The number of aromatic nitrogens is 1. The summed E-state index contributed by atoms with van der Waals surface area (Å²) in [6.07, 6.45) is 3.21. The normalized spacial score (nSPS) is 9.80. The van der Waals surface area contributed by atoms with E-state index in [1.807, 2.05) is 6.92 Å². The van der Waals surface area contributed by atoms with Crippen molar-refractivity contribution < 1.29 is 4.79 Å². The monoisotopic (exact) mass is 268 g/mol. The van der Waals surface area contributed by atoms with Gasteiger partial charge in [-0.05, 0) is 28.9 Å². The quantitative estimate of drug-likeness (QED) is 0.790. The van der Waals surface area contributed by atoms with Crippen LogP contribution < -0.4 is 0 Å². The second-order valence-corrected chi connectivity index (χ2v) is 4.43. The molecular weight excluding hydrogens is 256 g/mol. The zero-order valence-electron chi connectivity index (χ0n) is 8.83. The Kier molecular flexibility index (Phi) is 4.03. The van der Waals surface area contributed by atoms with Crippen molar-refractivity contribution in [2.24, 2.45) is 0 Å². The van der Waals surface area contributed by atoms with Crippen molar-refractivity contribution in [3.63, 3.8) is 0 Å². The Hall–Kier alpha value is -1.16. The minimum atomic E-state index is -0.0493. The molecule has 0 fully saturated rings. The van der Waals surface area contributed by atoms with Gasteiger partial charge in [-0.2, -0.15) is 0 Å². The van der Waals surface area contributed by atoms with Gasteiger partial charge in [0, 0.05) is 30.5 Å². The number of nitrogens with zero attached hydrogens (tertiary/aromatic N) is 2. The van der Waals surface area contributed by atoms with Crippen LogP contribution in [0.3, 0.4) is 0 Å². The van der Waals surface area contributed by atoms with Gasteiger partial charge in [0.15, 0.2) is 0 Å². The summed E-state index contributed by atoms with van der Waals surface area (Å²) in [6.45, 7) is 6.22. The van der Waals surface area contributed by atoms with Crippen molar-refractivity contribution in [1.82, 2.24) is 9.88 Å². The molecule has 1 amide bonds. The molecule has 0 saturated heterocycles. The van der Waals surface area contributed by atoms with Crippen LogP contribution in [0.1, 0.15) is 17.3 Å². The molecule has 0 spiro atoms. The number of hydrogen-bond acceptors (Lipinski definition) is 2. The van der Waals surface area contributed by atoms with E-state index in [4.69, 9.17) is 0 Å². The fourth-order valence-corrected chi connectivity index (χ4v) is 1.59. The number of likely N-dealkylation sites (N-methyl/N-ethyl adjacent to an activating group) is 1. The van der Waals surface area contributed by atoms with Crippen LogP contribution >= 0.6 is 15.9 Å². The third kappa shape index (κ3) is 3.47. The van der Waals surface area contributed by atoms with E-state index in [0.29, 0.717) is 12.1 Å².